The number of carbonyl (C=O) groups excluding carboxylic acids is 1. The molecule has 0 spiro atoms. The molecular formula is C18H21N3O3S. The van der Waals surface area contributed by atoms with E-state index in [1.54, 1.807) is 4.57 Å². The van der Waals surface area contributed by atoms with E-state index in [2.05, 4.69) is 0 Å². The van der Waals surface area contributed by atoms with E-state index in [0.29, 0.717) is 42.4 Å². The molecule has 2 aliphatic rings. The molecular weight excluding hydrogens is 338 g/mol. The van der Waals surface area contributed by atoms with Crippen LogP contribution in [0.25, 0.3) is 10.9 Å². The number of morpholine rings is 1. The van der Waals surface area contributed by atoms with Crippen LogP contribution in [0.1, 0.15) is 25.8 Å². The maximum absolute atomic E-state index is 12.9. The summed E-state index contributed by atoms with van der Waals surface area (Å²) in [5, 5.41) is 1.02. The number of hydrogen-bond acceptors (Lipinski definition) is 5. The van der Waals surface area contributed by atoms with E-state index < -0.39 is 0 Å². The fourth-order valence-electron chi connectivity index (χ4n) is 3.11. The number of aromatic nitrogens is 2. The molecule has 2 aromatic rings. The number of benzene rings is 1. The molecule has 1 aliphatic carbocycles. The van der Waals surface area contributed by atoms with Crippen LogP contribution < -0.4 is 5.56 Å². The quantitative estimate of drug-likeness (QED) is 0.618. The first-order chi connectivity index (χ1) is 12.1. The Morgan fingerprint density at radius 1 is 1.28 bits per heavy atom. The van der Waals surface area contributed by atoms with Gasteiger partial charge in [0.25, 0.3) is 5.56 Å². The zero-order valence-corrected chi connectivity index (χ0v) is 15.0. The Kier molecular flexibility index (Phi) is 4.52. The van der Waals surface area contributed by atoms with Crippen LogP contribution >= 0.6 is 11.8 Å². The Labute approximate surface area is 150 Å². The highest BCUT2D eigenvalue weighted by atomic mass is 32.2. The fourth-order valence-corrected chi connectivity index (χ4v) is 4.18. The van der Waals surface area contributed by atoms with E-state index in [-0.39, 0.29) is 22.8 Å². The van der Waals surface area contributed by atoms with Crippen molar-refractivity contribution in [1.82, 2.24) is 14.5 Å². The molecule has 1 saturated carbocycles. The van der Waals surface area contributed by atoms with Gasteiger partial charge in [-0.25, -0.2) is 4.98 Å². The largest absolute Gasteiger partial charge is 0.378 e. The molecule has 132 valence electrons. The number of amides is 1. The van der Waals surface area contributed by atoms with E-state index in [9.17, 15) is 9.59 Å². The molecule has 1 aromatic carbocycles. The fraction of sp³-hybridized carbons (Fsp3) is 0.500. The maximum Gasteiger partial charge on any atom is 0.262 e. The standard InChI is InChI=1S/C18H21N3O3S/c1-12(16(22)20-8-10-24-11-9-20)25-18-19-15-5-3-2-4-14(15)17(23)21(18)13-6-7-13/h2-5,12-13H,6-11H2,1H3/t12-/m1/s1. The zero-order valence-electron chi connectivity index (χ0n) is 14.2. The highest BCUT2D eigenvalue weighted by Gasteiger charge is 2.31. The number of thioether (sulfide) groups is 1. The molecule has 1 aromatic heterocycles. The first kappa shape index (κ1) is 16.6. The molecule has 1 amide bonds. The Morgan fingerprint density at radius 2 is 2.00 bits per heavy atom. The highest BCUT2D eigenvalue weighted by Crippen LogP contribution is 2.37. The highest BCUT2D eigenvalue weighted by molar-refractivity contribution is 8.00. The first-order valence-electron chi connectivity index (χ1n) is 8.69. The summed E-state index contributed by atoms with van der Waals surface area (Å²) in [6, 6.07) is 7.64. The minimum absolute atomic E-state index is 0.00150. The van der Waals surface area contributed by atoms with Gasteiger partial charge in [0.05, 0.1) is 29.4 Å². The predicted octanol–water partition coefficient (Wildman–Crippen LogP) is 2.07. The molecule has 4 rings (SSSR count). The van der Waals surface area contributed by atoms with Gasteiger partial charge in [-0.2, -0.15) is 0 Å². The van der Waals surface area contributed by atoms with E-state index in [1.165, 1.54) is 11.8 Å². The lowest BCUT2D eigenvalue weighted by molar-refractivity contribution is -0.134. The molecule has 2 fully saturated rings. The summed E-state index contributed by atoms with van der Waals surface area (Å²) in [4.78, 5) is 32.1. The van der Waals surface area contributed by atoms with Crippen molar-refractivity contribution in [3.05, 3.63) is 34.6 Å². The van der Waals surface area contributed by atoms with Crippen molar-refractivity contribution < 1.29 is 9.53 Å². The third-order valence-electron chi connectivity index (χ3n) is 4.64. The second-order valence-corrected chi connectivity index (χ2v) is 7.82. The van der Waals surface area contributed by atoms with Gasteiger partial charge in [0.2, 0.25) is 5.91 Å². The Morgan fingerprint density at radius 3 is 2.72 bits per heavy atom. The van der Waals surface area contributed by atoms with E-state index >= 15 is 0 Å². The molecule has 25 heavy (non-hydrogen) atoms. The van der Waals surface area contributed by atoms with Gasteiger partial charge in [0.1, 0.15) is 0 Å². The number of nitrogens with zero attached hydrogens (tertiary/aromatic N) is 3. The normalized spacial score (nSPS) is 19.2. The number of rotatable bonds is 4. The van der Waals surface area contributed by atoms with E-state index in [4.69, 9.17) is 9.72 Å². The average Bonchev–Trinajstić information content (AvgIpc) is 3.47. The summed E-state index contributed by atoms with van der Waals surface area (Å²) in [5.41, 5.74) is 0.694. The van der Waals surface area contributed by atoms with Crippen molar-refractivity contribution in [2.24, 2.45) is 0 Å². The first-order valence-corrected chi connectivity index (χ1v) is 9.57. The molecule has 1 saturated heterocycles. The SMILES string of the molecule is C[C@@H](Sc1nc2ccccc2c(=O)n1C1CC1)C(=O)N1CCOCC1. The van der Waals surface area contributed by atoms with Crippen molar-refractivity contribution in [2.45, 2.75) is 36.2 Å². The van der Waals surface area contributed by atoms with Gasteiger partial charge in [-0.1, -0.05) is 23.9 Å². The summed E-state index contributed by atoms with van der Waals surface area (Å²) in [5.74, 6) is 0.0815. The lowest BCUT2D eigenvalue weighted by Gasteiger charge is -2.29. The summed E-state index contributed by atoms with van der Waals surface area (Å²) in [6.07, 6.45) is 2.00. The van der Waals surface area contributed by atoms with Crippen molar-refractivity contribution in [2.75, 3.05) is 26.3 Å². The van der Waals surface area contributed by atoms with Gasteiger partial charge < -0.3 is 9.64 Å². The van der Waals surface area contributed by atoms with Gasteiger partial charge in [-0.05, 0) is 31.9 Å². The van der Waals surface area contributed by atoms with Crippen LogP contribution in [0.4, 0.5) is 0 Å². The third-order valence-corrected chi connectivity index (χ3v) is 5.69. The molecule has 1 aliphatic heterocycles. The third kappa shape index (κ3) is 3.30. The summed E-state index contributed by atoms with van der Waals surface area (Å²) < 4.78 is 7.10. The van der Waals surface area contributed by atoms with Gasteiger partial charge >= 0.3 is 0 Å². The molecule has 0 N–H and O–H groups in total. The van der Waals surface area contributed by atoms with Crippen LogP contribution in [0.2, 0.25) is 0 Å². The van der Waals surface area contributed by atoms with E-state index in [0.717, 1.165) is 12.8 Å². The number of hydrogen-bond donors (Lipinski definition) is 0. The molecule has 6 nitrogen and oxygen atoms in total. The van der Waals surface area contributed by atoms with Gasteiger partial charge in [0.15, 0.2) is 5.16 Å². The molecule has 7 heteroatoms. The Balaban J connectivity index is 1.65. The molecule has 0 bridgehead atoms. The van der Waals surface area contributed by atoms with Gasteiger partial charge in [-0.3, -0.25) is 14.2 Å². The van der Waals surface area contributed by atoms with Crippen LogP contribution in [0.3, 0.4) is 0 Å². The summed E-state index contributed by atoms with van der Waals surface area (Å²) in [6.45, 7) is 4.32. The van der Waals surface area contributed by atoms with Crippen LogP contribution in [-0.4, -0.2) is 51.9 Å². The summed E-state index contributed by atoms with van der Waals surface area (Å²) >= 11 is 1.39. The van der Waals surface area contributed by atoms with Gasteiger partial charge in [0, 0.05) is 19.1 Å². The number of fused-ring (bicyclic) bond motifs is 1. The second-order valence-electron chi connectivity index (χ2n) is 6.52. The van der Waals surface area contributed by atoms with Crippen molar-refractivity contribution in [3.63, 3.8) is 0 Å². The lowest BCUT2D eigenvalue weighted by Crippen LogP contribution is -2.44. The van der Waals surface area contributed by atoms with Crippen molar-refractivity contribution in [1.29, 1.82) is 0 Å². The van der Waals surface area contributed by atoms with Crippen molar-refractivity contribution >= 4 is 28.6 Å². The Bertz CT molecular complexity index is 856. The number of ether oxygens (including phenoxy) is 1. The Hall–Kier alpha value is -1.86. The van der Waals surface area contributed by atoms with Crippen LogP contribution in [0, 0.1) is 0 Å². The minimum atomic E-state index is -0.281. The number of carbonyl (C=O) groups is 1. The van der Waals surface area contributed by atoms with Crippen LogP contribution in [0.5, 0.6) is 0 Å². The van der Waals surface area contributed by atoms with E-state index in [1.807, 2.05) is 36.1 Å². The molecule has 2 heterocycles. The minimum Gasteiger partial charge on any atom is -0.378 e. The predicted molar refractivity (Wildman–Crippen MR) is 97.0 cm³/mol. The summed E-state index contributed by atoms with van der Waals surface area (Å²) in [7, 11) is 0. The number of para-hydroxylation sites is 1. The van der Waals surface area contributed by atoms with Crippen LogP contribution in [-0.2, 0) is 9.53 Å². The van der Waals surface area contributed by atoms with Crippen LogP contribution in [0.15, 0.2) is 34.2 Å². The van der Waals surface area contributed by atoms with Gasteiger partial charge in [-0.15, -0.1) is 0 Å². The van der Waals surface area contributed by atoms with Crippen molar-refractivity contribution in [3.8, 4) is 0 Å². The average molecular weight is 359 g/mol. The maximum atomic E-state index is 12.9. The zero-order chi connectivity index (χ0) is 17.4. The molecule has 1 atom stereocenters. The smallest absolute Gasteiger partial charge is 0.262 e. The topological polar surface area (TPSA) is 64.4 Å². The second kappa shape index (κ2) is 6.80. The lowest BCUT2D eigenvalue weighted by atomic mass is 10.2. The monoisotopic (exact) mass is 359 g/mol. The molecule has 0 unspecified atom stereocenters. The molecule has 0 radical (unpaired) electrons.